The van der Waals surface area contributed by atoms with E-state index in [1.54, 1.807) is 18.2 Å². The number of ether oxygens (including phenoxy) is 1. The van der Waals surface area contributed by atoms with E-state index < -0.39 is 6.09 Å². The van der Waals surface area contributed by atoms with Crippen LogP contribution in [-0.2, 0) is 4.74 Å². The summed E-state index contributed by atoms with van der Waals surface area (Å²) in [5.74, 6) is 0. The molecule has 0 radical (unpaired) electrons. The van der Waals surface area contributed by atoms with Gasteiger partial charge in [0.25, 0.3) is 0 Å². The van der Waals surface area contributed by atoms with Crippen LogP contribution in [0.4, 0.5) is 10.5 Å². The molecule has 1 aromatic rings. The summed E-state index contributed by atoms with van der Waals surface area (Å²) in [6.45, 7) is -0.242. The van der Waals surface area contributed by atoms with Crippen molar-refractivity contribution in [3.8, 4) is 0 Å². The molecule has 1 aromatic carbocycles. The van der Waals surface area contributed by atoms with E-state index in [4.69, 9.17) is 16.7 Å². The zero-order valence-corrected chi connectivity index (χ0v) is 10.0. The molecule has 6 heteroatoms. The van der Waals surface area contributed by atoms with Crippen molar-refractivity contribution in [2.45, 2.75) is 0 Å². The second kappa shape index (κ2) is 5.95. The molecule has 0 aliphatic rings. The smallest absolute Gasteiger partial charge is 0.411 e. The molecule has 15 heavy (non-hydrogen) atoms. The number of hydrogen-bond acceptors (Lipinski definition) is 3. The Balaban J connectivity index is 2.64. The molecule has 0 unspecified atom stereocenters. The topological polar surface area (TPSA) is 58.6 Å². The summed E-state index contributed by atoms with van der Waals surface area (Å²) in [4.78, 5) is 11.1. The Morgan fingerprint density at radius 2 is 2.33 bits per heavy atom. The minimum Gasteiger partial charge on any atom is -0.447 e. The number of anilines is 1. The second-order valence-corrected chi connectivity index (χ2v) is 3.79. The summed E-state index contributed by atoms with van der Waals surface area (Å²) >= 11 is 9.05. The molecule has 82 valence electrons. The number of rotatable bonds is 3. The van der Waals surface area contributed by atoms with Crippen molar-refractivity contribution in [1.82, 2.24) is 0 Å². The van der Waals surface area contributed by atoms with Gasteiger partial charge in [-0.1, -0.05) is 17.7 Å². The molecule has 0 aliphatic heterocycles. The van der Waals surface area contributed by atoms with Crippen LogP contribution < -0.4 is 5.32 Å². The third-order valence-corrected chi connectivity index (χ3v) is 2.91. The largest absolute Gasteiger partial charge is 0.447 e. The molecule has 2 N–H and O–H groups in total. The summed E-state index contributed by atoms with van der Waals surface area (Å²) in [5.41, 5.74) is 0.519. The number of aliphatic hydroxyl groups is 1. The maximum atomic E-state index is 11.1. The molecule has 0 saturated carbocycles. The van der Waals surface area contributed by atoms with Gasteiger partial charge in [0.15, 0.2) is 0 Å². The van der Waals surface area contributed by atoms with Crippen LogP contribution >= 0.6 is 27.5 Å². The fourth-order valence-corrected chi connectivity index (χ4v) is 1.42. The summed E-state index contributed by atoms with van der Waals surface area (Å²) in [5, 5.41) is 11.4. The molecule has 0 atom stereocenters. The summed E-state index contributed by atoms with van der Waals surface area (Å²) in [6, 6.07) is 5.07. The second-order valence-electron chi connectivity index (χ2n) is 2.59. The highest BCUT2D eigenvalue weighted by atomic mass is 79.9. The highest BCUT2D eigenvalue weighted by Crippen LogP contribution is 2.29. The average molecular weight is 295 g/mol. The Kier molecular flexibility index (Phi) is 4.87. The minimum absolute atomic E-state index is 0.0377. The van der Waals surface area contributed by atoms with E-state index in [0.29, 0.717) is 15.2 Å². The lowest BCUT2D eigenvalue weighted by molar-refractivity contribution is 0.131. The summed E-state index contributed by atoms with van der Waals surface area (Å²) in [6.07, 6.45) is -0.632. The van der Waals surface area contributed by atoms with Gasteiger partial charge in [-0.25, -0.2) is 4.79 Å². The van der Waals surface area contributed by atoms with E-state index in [0.717, 1.165) is 0 Å². The fraction of sp³-hybridized carbons (Fsp3) is 0.222. The number of amides is 1. The van der Waals surface area contributed by atoms with Crippen LogP contribution in [0.15, 0.2) is 22.7 Å². The van der Waals surface area contributed by atoms with Gasteiger partial charge in [0, 0.05) is 0 Å². The van der Waals surface area contributed by atoms with Crippen LogP contribution in [0.3, 0.4) is 0 Å². The Hall–Kier alpha value is -0.780. The van der Waals surface area contributed by atoms with Crippen LogP contribution in [0.25, 0.3) is 0 Å². The van der Waals surface area contributed by atoms with E-state index >= 15 is 0 Å². The van der Waals surface area contributed by atoms with Gasteiger partial charge in [-0.05, 0) is 28.1 Å². The van der Waals surface area contributed by atoms with Crippen molar-refractivity contribution in [1.29, 1.82) is 0 Å². The molecular weight excluding hydrogens is 285 g/mol. The lowest BCUT2D eigenvalue weighted by Crippen LogP contribution is -2.16. The van der Waals surface area contributed by atoms with Gasteiger partial charge < -0.3 is 9.84 Å². The van der Waals surface area contributed by atoms with Gasteiger partial charge in [0.1, 0.15) is 6.61 Å². The van der Waals surface area contributed by atoms with Crippen molar-refractivity contribution in [3.05, 3.63) is 27.7 Å². The molecule has 0 bridgehead atoms. The van der Waals surface area contributed by atoms with Gasteiger partial charge in [-0.2, -0.15) is 0 Å². The van der Waals surface area contributed by atoms with Gasteiger partial charge >= 0.3 is 6.09 Å². The van der Waals surface area contributed by atoms with Crippen LogP contribution in [0.2, 0.25) is 5.02 Å². The number of benzene rings is 1. The van der Waals surface area contributed by atoms with E-state index in [9.17, 15) is 4.79 Å². The molecule has 1 rings (SSSR count). The van der Waals surface area contributed by atoms with E-state index in [1.807, 2.05) is 0 Å². The maximum Gasteiger partial charge on any atom is 0.411 e. The normalized spacial score (nSPS) is 9.80. The Morgan fingerprint density at radius 3 is 3.00 bits per heavy atom. The number of nitrogens with one attached hydrogen (secondary N) is 1. The Morgan fingerprint density at radius 1 is 1.60 bits per heavy atom. The lowest BCUT2D eigenvalue weighted by Gasteiger charge is -2.08. The molecule has 4 nitrogen and oxygen atoms in total. The molecule has 0 spiro atoms. The van der Waals surface area contributed by atoms with Crippen LogP contribution in [-0.4, -0.2) is 24.4 Å². The highest BCUT2D eigenvalue weighted by molar-refractivity contribution is 9.10. The zero-order chi connectivity index (χ0) is 11.3. The number of carbonyl (C=O) groups is 1. The standard InChI is InChI=1S/C9H9BrClNO3/c10-8-6(11)2-1-3-7(8)12-9(14)15-5-4-13/h1-3,13H,4-5H2,(H,12,14). The fourth-order valence-electron chi connectivity index (χ4n) is 0.885. The first kappa shape index (κ1) is 12.3. The number of carbonyl (C=O) groups excluding carboxylic acids is 1. The Labute approximate surface area is 100 Å². The van der Waals surface area contributed by atoms with Crippen molar-refractivity contribution in [2.24, 2.45) is 0 Å². The monoisotopic (exact) mass is 293 g/mol. The maximum absolute atomic E-state index is 11.1. The SMILES string of the molecule is O=C(Nc1cccc(Cl)c1Br)OCCO. The van der Waals surface area contributed by atoms with Crippen LogP contribution in [0, 0.1) is 0 Å². The summed E-state index contributed by atoms with van der Waals surface area (Å²) < 4.78 is 5.22. The molecule has 0 heterocycles. The molecular formula is C9H9BrClNO3. The number of hydrogen-bond donors (Lipinski definition) is 2. The average Bonchev–Trinajstić information content (AvgIpc) is 2.22. The summed E-state index contributed by atoms with van der Waals surface area (Å²) in [7, 11) is 0. The predicted molar refractivity (Wildman–Crippen MR) is 61.2 cm³/mol. The van der Waals surface area contributed by atoms with Crippen LogP contribution in [0.5, 0.6) is 0 Å². The van der Waals surface area contributed by atoms with Crippen molar-refractivity contribution in [2.75, 3.05) is 18.5 Å². The van der Waals surface area contributed by atoms with Crippen molar-refractivity contribution in [3.63, 3.8) is 0 Å². The quantitative estimate of drug-likeness (QED) is 0.901. The predicted octanol–water partition coefficient (Wildman–Crippen LogP) is 2.64. The van der Waals surface area contributed by atoms with Gasteiger partial charge in [-0.15, -0.1) is 0 Å². The third-order valence-electron chi connectivity index (χ3n) is 1.51. The van der Waals surface area contributed by atoms with Gasteiger partial charge in [0.05, 0.1) is 21.8 Å². The third kappa shape index (κ3) is 3.70. The first-order valence-corrected chi connectivity index (χ1v) is 5.31. The molecule has 0 fully saturated rings. The first-order valence-electron chi connectivity index (χ1n) is 4.14. The molecule has 1 amide bonds. The number of halogens is 2. The Bertz CT molecular complexity index is 359. The number of aliphatic hydroxyl groups excluding tert-OH is 1. The van der Waals surface area contributed by atoms with Gasteiger partial charge in [0.2, 0.25) is 0 Å². The first-order chi connectivity index (χ1) is 7.15. The lowest BCUT2D eigenvalue weighted by atomic mass is 10.3. The molecule has 0 aromatic heterocycles. The van der Waals surface area contributed by atoms with Crippen LogP contribution in [0.1, 0.15) is 0 Å². The van der Waals surface area contributed by atoms with Gasteiger partial charge in [-0.3, -0.25) is 5.32 Å². The molecule has 0 saturated heterocycles. The van der Waals surface area contributed by atoms with E-state index in [1.165, 1.54) is 0 Å². The highest BCUT2D eigenvalue weighted by Gasteiger charge is 2.07. The zero-order valence-electron chi connectivity index (χ0n) is 7.67. The van der Waals surface area contributed by atoms with Crippen molar-refractivity contribution >= 4 is 39.3 Å². The van der Waals surface area contributed by atoms with E-state index in [-0.39, 0.29) is 13.2 Å². The van der Waals surface area contributed by atoms with E-state index in [2.05, 4.69) is 26.0 Å². The minimum atomic E-state index is -0.632. The molecule has 0 aliphatic carbocycles. The van der Waals surface area contributed by atoms with Crippen molar-refractivity contribution < 1.29 is 14.6 Å².